The molecule has 1 heterocycles. The van der Waals surface area contributed by atoms with Crippen molar-refractivity contribution < 1.29 is 4.74 Å². The molecule has 2 rings (SSSR count). The van der Waals surface area contributed by atoms with Crippen molar-refractivity contribution in [3.05, 3.63) is 34.3 Å². The number of hydrogen-bond acceptors (Lipinski definition) is 1. The van der Waals surface area contributed by atoms with Crippen LogP contribution < -0.4 is 0 Å². The van der Waals surface area contributed by atoms with E-state index >= 15 is 0 Å². The topological polar surface area (TPSA) is 9.23 Å². The zero-order valence-corrected chi connectivity index (χ0v) is 11.7. The number of halogens is 2. The molecule has 0 radical (unpaired) electrons. The van der Waals surface area contributed by atoms with Crippen LogP contribution in [0.5, 0.6) is 0 Å². The van der Waals surface area contributed by atoms with Crippen molar-refractivity contribution in [1.29, 1.82) is 0 Å². The lowest BCUT2D eigenvalue weighted by molar-refractivity contribution is 0.105. The van der Waals surface area contributed by atoms with Gasteiger partial charge in [-0.3, -0.25) is 0 Å². The molecule has 0 spiro atoms. The van der Waals surface area contributed by atoms with Crippen molar-refractivity contribution in [2.75, 3.05) is 6.61 Å². The molecule has 1 nitrogen and oxygen atoms in total. The molecule has 16 heavy (non-hydrogen) atoms. The van der Waals surface area contributed by atoms with Gasteiger partial charge in [0.05, 0.1) is 6.10 Å². The monoisotopic (exact) mass is 302 g/mol. The molecule has 0 bridgehead atoms. The Hall–Kier alpha value is -0.0500. The summed E-state index contributed by atoms with van der Waals surface area (Å²) in [6, 6.07) is 8.35. The third kappa shape index (κ3) is 2.99. The average Bonchev–Trinajstić information content (AvgIpc) is 2.64. The molecule has 1 aliphatic rings. The molecule has 1 aromatic rings. The second-order valence-corrected chi connectivity index (χ2v) is 5.85. The first-order valence-electron chi connectivity index (χ1n) is 5.67. The highest BCUT2D eigenvalue weighted by Gasteiger charge is 2.30. The van der Waals surface area contributed by atoms with Crippen molar-refractivity contribution in [1.82, 2.24) is 0 Å². The first-order chi connectivity index (χ1) is 7.66. The second kappa shape index (κ2) is 5.52. The van der Waals surface area contributed by atoms with Gasteiger partial charge in [-0.15, -0.1) is 11.6 Å². The van der Waals surface area contributed by atoms with Gasteiger partial charge >= 0.3 is 0 Å². The minimum Gasteiger partial charge on any atom is -0.378 e. The first-order valence-corrected chi connectivity index (χ1v) is 6.90. The SMILES string of the molecule is CC1OCCC1C(Cl)Cc1cccc(Br)c1. The van der Waals surface area contributed by atoms with E-state index in [1.807, 2.05) is 6.07 Å². The molecule has 3 atom stereocenters. The summed E-state index contributed by atoms with van der Waals surface area (Å²) in [7, 11) is 0. The average molecular weight is 304 g/mol. The Labute approximate surface area is 110 Å². The van der Waals surface area contributed by atoms with Crippen LogP contribution in [-0.4, -0.2) is 18.1 Å². The van der Waals surface area contributed by atoms with E-state index in [1.165, 1.54) is 5.56 Å². The fourth-order valence-electron chi connectivity index (χ4n) is 2.26. The lowest BCUT2D eigenvalue weighted by Gasteiger charge is -2.20. The van der Waals surface area contributed by atoms with Gasteiger partial charge in [0.15, 0.2) is 0 Å². The maximum atomic E-state index is 6.47. The van der Waals surface area contributed by atoms with Gasteiger partial charge in [0.1, 0.15) is 0 Å². The molecule has 1 saturated heterocycles. The van der Waals surface area contributed by atoms with Gasteiger partial charge < -0.3 is 4.74 Å². The van der Waals surface area contributed by atoms with E-state index in [1.54, 1.807) is 0 Å². The molecule has 0 N–H and O–H groups in total. The predicted molar refractivity (Wildman–Crippen MR) is 71.0 cm³/mol. The lowest BCUT2D eigenvalue weighted by atomic mass is 9.94. The molecular weight excluding hydrogens is 287 g/mol. The van der Waals surface area contributed by atoms with Gasteiger partial charge in [-0.2, -0.15) is 0 Å². The van der Waals surface area contributed by atoms with Crippen molar-refractivity contribution >= 4 is 27.5 Å². The highest BCUT2D eigenvalue weighted by molar-refractivity contribution is 9.10. The molecule has 3 unspecified atom stereocenters. The summed E-state index contributed by atoms with van der Waals surface area (Å²) >= 11 is 9.95. The molecule has 1 aromatic carbocycles. The molecule has 0 saturated carbocycles. The normalized spacial score (nSPS) is 26.9. The predicted octanol–water partition coefficient (Wildman–Crippen LogP) is 4.02. The third-order valence-electron chi connectivity index (χ3n) is 3.22. The fourth-order valence-corrected chi connectivity index (χ4v) is 3.22. The molecule has 0 amide bonds. The Balaban J connectivity index is 1.99. The molecule has 3 heteroatoms. The van der Waals surface area contributed by atoms with E-state index in [-0.39, 0.29) is 5.38 Å². The van der Waals surface area contributed by atoms with Crippen LogP contribution in [0.2, 0.25) is 0 Å². The minimum atomic E-state index is 0.173. The number of alkyl halides is 1. The minimum absolute atomic E-state index is 0.173. The van der Waals surface area contributed by atoms with Gasteiger partial charge in [-0.1, -0.05) is 28.1 Å². The van der Waals surface area contributed by atoms with Crippen molar-refractivity contribution in [3.63, 3.8) is 0 Å². The molecule has 0 aromatic heterocycles. The van der Waals surface area contributed by atoms with Crippen molar-refractivity contribution in [3.8, 4) is 0 Å². The Kier molecular flexibility index (Phi) is 4.28. The summed E-state index contributed by atoms with van der Waals surface area (Å²) in [5, 5.41) is 0.173. The maximum absolute atomic E-state index is 6.47. The smallest absolute Gasteiger partial charge is 0.0590 e. The van der Waals surface area contributed by atoms with E-state index < -0.39 is 0 Å². The largest absolute Gasteiger partial charge is 0.378 e. The third-order valence-corrected chi connectivity index (χ3v) is 4.19. The molecule has 88 valence electrons. The summed E-state index contributed by atoms with van der Waals surface area (Å²) in [6.45, 7) is 2.97. The van der Waals surface area contributed by atoms with Crippen molar-refractivity contribution in [2.45, 2.75) is 31.2 Å². The number of benzene rings is 1. The molecule has 1 aliphatic heterocycles. The second-order valence-electron chi connectivity index (χ2n) is 4.38. The first kappa shape index (κ1) is 12.4. The number of hydrogen-bond donors (Lipinski definition) is 0. The fraction of sp³-hybridized carbons (Fsp3) is 0.538. The van der Waals surface area contributed by atoms with Crippen LogP contribution in [0.4, 0.5) is 0 Å². The summed E-state index contributed by atoms with van der Waals surface area (Å²) in [5.74, 6) is 0.487. The maximum Gasteiger partial charge on any atom is 0.0590 e. The Bertz CT molecular complexity index is 356. The highest BCUT2D eigenvalue weighted by atomic mass is 79.9. The zero-order valence-electron chi connectivity index (χ0n) is 9.33. The van der Waals surface area contributed by atoms with Gasteiger partial charge in [0.2, 0.25) is 0 Å². The van der Waals surface area contributed by atoms with E-state index in [0.717, 1.165) is 23.9 Å². The quantitative estimate of drug-likeness (QED) is 0.766. The van der Waals surface area contributed by atoms with Crippen LogP contribution in [0.25, 0.3) is 0 Å². The van der Waals surface area contributed by atoms with Gasteiger partial charge in [0, 0.05) is 22.4 Å². The van der Waals surface area contributed by atoms with E-state index in [0.29, 0.717) is 12.0 Å². The highest BCUT2D eigenvalue weighted by Crippen LogP contribution is 2.29. The Morgan fingerprint density at radius 2 is 2.38 bits per heavy atom. The standard InChI is InChI=1S/C13H16BrClO/c1-9-12(5-6-16-9)13(15)8-10-3-2-4-11(14)7-10/h2-4,7,9,12-13H,5-6,8H2,1H3. The Morgan fingerprint density at radius 1 is 1.56 bits per heavy atom. The number of rotatable bonds is 3. The summed E-state index contributed by atoms with van der Waals surface area (Å²) in [5.41, 5.74) is 1.29. The summed E-state index contributed by atoms with van der Waals surface area (Å²) in [4.78, 5) is 0. The lowest BCUT2D eigenvalue weighted by Crippen LogP contribution is -2.23. The number of ether oxygens (including phenoxy) is 1. The summed E-state index contributed by atoms with van der Waals surface area (Å²) < 4.78 is 6.67. The Morgan fingerprint density at radius 3 is 3.00 bits per heavy atom. The van der Waals surface area contributed by atoms with Crippen LogP contribution in [0, 0.1) is 5.92 Å². The van der Waals surface area contributed by atoms with E-state index in [4.69, 9.17) is 16.3 Å². The van der Waals surface area contributed by atoms with Crippen molar-refractivity contribution in [2.24, 2.45) is 5.92 Å². The van der Waals surface area contributed by atoms with Gasteiger partial charge in [-0.25, -0.2) is 0 Å². The van der Waals surface area contributed by atoms with E-state index in [9.17, 15) is 0 Å². The zero-order chi connectivity index (χ0) is 11.5. The van der Waals surface area contributed by atoms with Crippen LogP contribution in [0.3, 0.4) is 0 Å². The van der Waals surface area contributed by atoms with Crippen LogP contribution in [0.15, 0.2) is 28.7 Å². The molecule has 0 aliphatic carbocycles. The molecule has 1 fully saturated rings. The molecular formula is C13H16BrClO. The van der Waals surface area contributed by atoms with Crippen LogP contribution in [0.1, 0.15) is 18.9 Å². The summed E-state index contributed by atoms with van der Waals surface area (Å²) in [6.07, 6.45) is 2.30. The van der Waals surface area contributed by atoms with Gasteiger partial charge in [0.25, 0.3) is 0 Å². The van der Waals surface area contributed by atoms with Gasteiger partial charge in [-0.05, 0) is 37.5 Å². The van der Waals surface area contributed by atoms with Crippen LogP contribution >= 0.6 is 27.5 Å². The van der Waals surface area contributed by atoms with Crippen LogP contribution in [-0.2, 0) is 11.2 Å². The van der Waals surface area contributed by atoms with E-state index in [2.05, 4.69) is 41.1 Å².